The van der Waals surface area contributed by atoms with Crippen LogP contribution in [0.3, 0.4) is 0 Å². The van der Waals surface area contributed by atoms with Gasteiger partial charge in [0, 0.05) is 0 Å². The van der Waals surface area contributed by atoms with Crippen LogP contribution in [-0.2, 0) is 10.0 Å². The van der Waals surface area contributed by atoms with Crippen molar-refractivity contribution in [3.63, 3.8) is 0 Å². The molecule has 4 nitrogen and oxygen atoms in total. The van der Waals surface area contributed by atoms with E-state index in [1.807, 2.05) is 97.9 Å². The van der Waals surface area contributed by atoms with E-state index >= 15 is 0 Å². The van der Waals surface area contributed by atoms with Crippen molar-refractivity contribution in [3.05, 3.63) is 121 Å². The Bertz CT molecular complexity index is 1200. The second-order valence-corrected chi connectivity index (χ2v) is 17.3. The fraction of sp³-hybridized carbons (Fsp3) is 0.0400. The minimum atomic E-state index is -3.83. The first-order chi connectivity index (χ1) is 15.3. The van der Waals surface area contributed by atoms with Crippen LogP contribution < -0.4 is 25.9 Å². The van der Waals surface area contributed by atoms with Gasteiger partial charge in [-0.2, -0.15) is 0 Å². The monoisotopic (exact) mass is 526 g/mol. The summed E-state index contributed by atoms with van der Waals surface area (Å²) in [5.74, 6) is 0. The van der Waals surface area contributed by atoms with Crippen LogP contribution in [0.2, 0.25) is 0 Å². The van der Waals surface area contributed by atoms with Gasteiger partial charge in [-0.15, -0.1) is 0 Å². The number of hydrogen-bond acceptors (Lipinski definition) is 3. The van der Waals surface area contributed by atoms with Gasteiger partial charge >= 0.3 is 198 Å². The van der Waals surface area contributed by atoms with Gasteiger partial charge in [0.25, 0.3) is 0 Å². The number of aryl methyl sites for hydroxylation is 1. The van der Waals surface area contributed by atoms with Gasteiger partial charge in [-0.1, -0.05) is 0 Å². The normalized spacial score (nSPS) is 13.2. The van der Waals surface area contributed by atoms with E-state index in [-0.39, 0.29) is 4.90 Å². The SMILES string of the molecule is Cc1ccc(S(=O)(=O)NNP(Br)(c2ccccc2)(c2ccccc2)c2ccccc2)cc1. The van der Waals surface area contributed by atoms with Crippen molar-refractivity contribution in [1.82, 2.24) is 10.0 Å². The van der Waals surface area contributed by atoms with Crippen LogP contribution in [-0.4, -0.2) is 8.42 Å². The van der Waals surface area contributed by atoms with E-state index in [0.29, 0.717) is 0 Å². The third-order valence-electron chi connectivity index (χ3n) is 5.44. The molecule has 0 atom stereocenters. The number of nitrogens with one attached hydrogen (secondary N) is 2. The van der Waals surface area contributed by atoms with Gasteiger partial charge in [-0.3, -0.25) is 0 Å². The Labute approximate surface area is 197 Å². The van der Waals surface area contributed by atoms with Crippen molar-refractivity contribution in [2.24, 2.45) is 0 Å². The number of benzene rings is 4. The van der Waals surface area contributed by atoms with Crippen molar-refractivity contribution in [2.45, 2.75) is 11.8 Å². The van der Waals surface area contributed by atoms with E-state index in [1.54, 1.807) is 24.3 Å². The topological polar surface area (TPSA) is 58.2 Å². The molecule has 0 aliphatic rings. The zero-order valence-electron chi connectivity index (χ0n) is 17.5. The summed E-state index contributed by atoms with van der Waals surface area (Å²) in [5.41, 5.74) is -2.63. The fourth-order valence-corrected chi connectivity index (χ4v) is 11.7. The maximum atomic E-state index is 13.3. The molecule has 0 radical (unpaired) electrons. The first-order valence-corrected chi connectivity index (χ1v) is 15.8. The van der Waals surface area contributed by atoms with E-state index in [2.05, 4.69) is 25.5 Å². The van der Waals surface area contributed by atoms with E-state index in [1.165, 1.54) is 0 Å². The molecular weight excluding hydrogens is 503 g/mol. The molecular formula is C25H24BrN2O2PS. The molecule has 0 aromatic heterocycles. The Kier molecular flexibility index (Phi) is 6.35. The molecule has 0 aliphatic heterocycles. The molecule has 2 N–H and O–H groups in total. The van der Waals surface area contributed by atoms with Crippen LogP contribution in [0.4, 0.5) is 0 Å². The molecule has 0 amide bonds. The van der Waals surface area contributed by atoms with Crippen molar-refractivity contribution in [3.8, 4) is 0 Å². The molecule has 0 spiro atoms. The summed E-state index contributed by atoms with van der Waals surface area (Å²) >= 11 is 4.15. The quantitative estimate of drug-likeness (QED) is 0.274. The van der Waals surface area contributed by atoms with Crippen LogP contribution in [0.5, 0.6) is 0 Å². The van der Waals surface area contributed by atoms with Crippen LogP contribution in [0, 0.1) is 6.92 Å². The van der Waals surface area contributed by atoms with Crippen LogP contribution in [0.1, 0.15) is 5.56 Å². The zero-order valence-corrected chi connectivity index (χ0v) is 20.8. The standard InChI is InChI=1S/C25H24BrN2O2PS/c1-21-17-19-25(20-18-21)32(29,30)28-27-31(26,22-11-5-2-6-12-22,23-13-7-3-8-14-23)24-15-9-4-10-16-24/h2-20,27-28H,1H3. The van der Waals surface area contributed by atoms with Crippen LogP contribution in [0.15, 0.2) is 120 Å². The molecule has 0 fully saturated rings. The maximum absolute atomic E-state index is 13.3. The molecule has 164 valence electrons. The third kappa shape index (κ3) is 4.05. The summed E-state index contributed by atoms with van der Waals surface area (Å²) in [7, 11) is -3.83. The number of hydrazine groups is 1. The molecule has 4 rings (SSSR count). The molecule has 0 saturated heterocycles. The molecule has 0 aliphatic carbocycles. The Morgan fingerprint density at radius 1 is 0.625 bits per heavy atom. The Morgan fingerprint density at radius 2 is 1.00 bits per heavy atom. The van der Waals surface area contributed by atoms with Crippen molar-refractivity contribution in [2.75, 3.05) is 0 Å². The summed E-state index contributed by atoms with van der Waals surface area (Å²) in [4.78, 5) is 2.90. The van der Waals surface area contributed by atoms with Crippen molar-refractivity contribution in [1.29, 1.82) is 0 Å². The van der Waals surface area contributed by atoms with E-state index < -0.39 is 15.5 Å². The van der Waals surface area contributed by atoms with Crippen LogP contribution in [0.25, 0.3) is 0 Å². The molecule has 0 saturated carbocycles. The third-order valence-corrected chi connectivity index (χ3v) is 15.4. The van der Waals surface area contributed by atoms with Gasteiger partial charge in [-0.25, -0.2) is 0 Å². The van der Waals surface area contributed by atoms with Gasteiger partial charge in [0.05, 0.1) is 0 Å². The number of halogens is 1. The molecule has 4 aromatic rings. The molecule has 32 heavy (non-hydrogen) atoms. The summed E-state index contributed by atoms with van der Waals surface area (Å²) in [6.45, 7) is 1.92. The predicted octanol–water partition coefficient (Wildman–Crippen LogP) is 4.53. The van der Waals surface area contributed by atoms with E-state index in [9.17, 15) is 8.42 Å². The second-order valence-electron chi connectivity index (χ2n) is 7.55. The fourth-order valence-electron chi connectivity index (χ4n) is 3.69. The van der Waals surface area contributed by atoms with E-state index in [4.69, 9.17) is 0 Å². The van der Waals surface area contributed by atoms with Crippen LogP contribution >= 0.6 is 20.9 Å². The molecule has 0 bridgehead atoms. The summed E-state index contributed by atoms with van der Waals surface area (Å²) in [6.07, 6.45) is 0. The molecule has 0 unspecified atom stereocenters. The van der Waals surface area contributed by atoms with E-state index in [0.717, 1.165) is 21.5 Å². The first kappa shape index (κ1) is 22.8. The predicted molar refractivity (Wildman–Crippen MR) is 139 cm³/mol. The molecule has 7 heteroatoms. The van der Waals surface area contributed by atoms with Crippen molar-refractivity contribution < 1.29 is 8.42 Å². The van der Waals surface area contributed by atoms with Gasteiger partial charge in [0.1, 0.15) is 0 Å². The summed E-state index contributed by atoms with van der Waals surface area (Å²) in [5, 5.41) is 6.16. The zero-order chi connectivity index (χ0) is 22.7. The van der Waals surface area contributed by atoms with Gasteiger partial charge in [0.15, 0.2) is 0 Å². The average molecular weight is 527 g/mol. The summed E-state index contributed by atoms with van der Waals surface area (Å²) < 4.78 is 26.5. The number of rotatable bonds is 7. The molecule has 0 heterocycles. The number of sulfonamides is 1. The van der Waals surface area contributed by atoms with Gasteiger partial charge in [0.2, 0.25) is 0 Å². The minimum absolute atomic E-state index is 0.197. The van der Waals surface area contributed by atoms with Crippen molar-refractivity contribution >= 4 is 46.9 Å². The number of hydrogen-bond donors (Lipinski definition) is 2. The molecule has 4 aromatic carbocycles. The first-order valence-electron chi connectivity index (χ1n) is 10.1. The van der Waals surface area contributed by atoms with Gasteiger partial charge in [-0.05, 0) is 0 Å². The Morgan fingerprint density at radius 3 is 1.38 bits per heavy atom. The summed E-state index contributed by atoms with van der Waals surface area (Å²) in [6, 6.07) is 36.5. The van der Waals surface area contributed by atoms with Gasteiger partial charge < -0.3 is 0 Å². The average Bonchev–Trinajstić information content (AvgIpc) is 2.85. The second kappa shape index (κ2) is 8.89. The Hall–Kier alpha value is -2.34. The Balaban J connectivity index is 1.93.